The van der Waals surface area contributed by atoms with Crippen LogP contribution in [0.15, 0.2) is 18.2 Å². The molecule has 3 rings (SSSR count). The van der Waals surface area contributed by atoms with E-state index in [1.165, 1.54) is 26.4 Å². The summed E-state index contributed by atoms with van der Waals surface area (Å²) in [5, 5.41) is 3.59. The van der Waals surface area contributed by atoms with Crippen LogP contribution in [-0.4, -0.2) is 31.8 Å². The van der Waals surface area contributed by atoms with Crippen LogP contribution in [0.5, 0.6) is 0 Å². The largest absolute Gasteiger partial charge is 0.469 e. The van der Waals surface area contributed by atoms with Crippen molar-refractivity contribution in [1.82, 2.24) is 0 Å². The molecular formula is C21H32N2O3. The summed E-state index contributed by atoms with van der Waals surface area (Å²) in [6.45, 7) is 2.88. The summed E-state index contributed by atoms with van der Waals surface area (Å²) in [6, 6.07) is 6.31. The van der Waals surface area contributed by atoms with E-state index in [0.717, 1.165) is 49.5 Å². The van der Waals surface area contributed by atoms with E-state index in [9.17, 15) is 4.79 Å². The first-order valence-corrected chi connectivity index (χ1v) is 9.96. The maximum Gasteiger partial charge on any atom is 0.313 e. The van der Waals surface area contributed by atoms with Gasteiger partial charge in [-0.1, -0.05) is 32.3 Å². The number of hydrogen-bond donors (Lipinski definition) is 2. The number of benzene rings is 1. The first-order chi connectivity index (χ1) is 12.6. The molecule has 0 aromatic heterocycles. The van der Waals surface area contributed by atoms with Crippen LogP contribution in [0.3, 0.4) is 0 Å². The van der Waals surface area contributed by atoms with Gasteiger partial charge in [0.25, 0.3) is 0 Å². The van der Waals surface area contributed by atoms with Gasteiger partial charge < -0.3 is 20.5 Å². The molecule has 1 aromatic rings. The van der Waals surface area contributed by atoms with Crippen molar-refractivity contribution in [3.05, 3.63) is 23.8 Å². The number of rotatable bonds is 8. The van der Waals surface area contributed by atoms with Gasteiger partial charge in [0.1, 0.15) is 0 Å². The van der Waals surface area contributed by atoms with E-state index in [1.54, 1.807) is 0 Å². The van der Waals surface area contributed by atoms with Crippen molar-refractivity contribution >= 4 is 17.3 Å². The standard InChI is InChI=1S/C21H32N2O3/c1-3-4-18(21(24)25-2)15-7-8-20(19(22)12-15)23-16-9-10-26-17(13-16)11-14-5-6-14/h7-8,12,14,16-18,23H,3-6,9-11,13,22H2,1-2H3. The molecule has 3 unspecified atom stereocenters. The Bertz CT molecular complexity index is 615. The minimum Gasteiger partial charge on any atom is -0.469 e. The van der Waals surface area contributed by atoms with E-state index in [1.807, 2.05) is 18.2 Å². The predicted molar refractivity (Wildman–Crippen MR) is 104 cm³/mol. The van der Waals surface area contributed by atoms with Gasteiger partial charge in [0.05, 0.1) is 30.5 Å². The fraction of sp³-hybridized carbons (Fsp3) is 0.667. The average Bonchev–Trinajstić information content (AvgIpc) is 3.45. The lowest BCUT2D eigenvalue weighted by Gasteiger charge is -2.31. The van der Waals surface area contributed by atoms with Crippen LogP contribution in [0.25, 0.3) is 0 Å². The number of anilines is 2. The Balaban J connectivity index is 1.64. The SMILES string of the molecule is CCCC(C(=O)OC)c1ccc(NC2CCOC(CC3CC3)C2)c(N)c1. The van der Waals surface area contributed by atoms with Crippen molar-refractivity contribution in [3.8, 4) is 0 Å². The summed E-state index contributed by atoms with van der Waals surface area (Å²) >= 11 is 0. The summed E-state index contributed by atoms with van der Waals surface area (Å²) in [6.07, 6.45) is 8.04. The van der Waals surface area contributed by atoms with E-state index >= 15 is 0 Å². The molecule has 5 nitrogen and oxygen atoms in total. The van der Waals surface area contributed by atoms with Gasteiger partial charge in [-0.15, -0.1) is 0 Å². The van der Waals surface area contributed by atoms with Crippen LogP contribution in [-0.2, 0) is 14.3 Å². The molecule has 5 heteroatoms. The number of ether oxygens (including phenoxy) is 2. The zero-order chi connectivity index (χ0) is 18.5. The first-order valence-electron chi connectivity index (χ1n) is 9.96. The highest BCUT2D eigenvalue weighted by molar-refractivity contribution is 5.79. The molecule has 1 aliphatic carbocycles. The lowest BCUT2D eigenvalue weighted by molar-refractivity contribution is -0.142. The minimum atomic E-state index is -0.243. The molecule has 26 heavy (non-hydrogen) atoms. The van der Waals surface area contributed by atoms with E-state index in [4.69, 9.17) is 15.2 Å². The van der Waals surface area contributed by atoms with Crippen molar-refractivity contribution < 1.29 is 14.3 Å². The molecule has 2 fully saturated rings. The van der Waals surface area contributed by atoms with Crippen molar-refractivity contribution in [1.29, 1.82) is 0 Å². The van der Waals surface area contributed by atoms with E-state index < -0.39 is 0 Å². The molecule has 1 saturated heterocycles. The summed E-state index contributed by atoms with van der Waals surface area (Å²) < 4.78 is 10.9. The molecule has 1 saturated carbocycles. The molecule has 1 aromatic carbocycles. The molecule has 0 bridgehead atoms. The third-order valence-electron chi connectivity index (χ3n) is 5.56. The highest BCUT2D eigenvalue weighted by Gasteiger charge is 2.30. The van der Waals surface area contributed by atoms with Crippen molar-refractivity contribution in [2.45, 2.75) is 69.9 Å². The molecular weight excluding hydrogens is 328 g/mol. The van der Waals surface area contributed by atoms with E-state index in [2.05, 4.69) is 12.2 Å². The van der Waals surface area contributed by atoms with Crippen LogP contribution in [0.2, 0.25) is 0 Å². The van der Waals surface area contributed by atoms with Crippen LogP contribution in [0.4, 0.5) is 11.4 Å². The average molecular weight is 360 g/mol. The van der Waals surface area contributed by atoms with Crippen LogP contribution < -0.4 is 11.1 Å². The smallest absolute Gasteiger partial charge is 0.313 e. The number of carbonyl (C=O) groups excluding carboxylic acids is 1. The number of nitrogens with two attached hydrogens (primary N) is 1. The molecule has 1 heterocycles. The van der Waals surface area contributed by atoms with E-state index in [0.29, 0.717) is 17.8 Å². The second kappa shape index (κ2) is 8.76. The monoisotopic (exact) mass is 360 g/mol. The molecule has 3 atom stereocenters. The number of nitrogens with one attached hydrogen (secondary N) is 1. The van der Waals surface area contributed by atoms with Gasteiger partial charge in [0.2, 0.25) is 0 Å². The van der Waals surface area contributed by atoms with Crippen LogP contribution in [0.1, 0.15) is 63.4 Å². The van der Waals surface area contributed by atoms with Gasteiger partial charge in [-0.3, -0.25) is 4.79 Å². The maximum absolute atomic E-state index is 12.1. The predicted octanol–water partition coefficient (Wildman–Crippen LogP) is 4.09. The van der Waals surface area contributed by atoms with Gasteiger partial charge in [-0.25, -0.2) is 0 Å². The molecule has 0 spiro atoms. The molecule has 2 aliphatic rings. The Morgan fingerprint density at radius 3 is 2.85 bits per heavy atom. The summed E-state index contributed by atoms with van der Waals surface area (Å²) in [4.78, 5) is 12.1. The zero-order valence-corrected chi connectivity index (χ0v) is 16.0. The third-order valence-corrected chi connectivity index (χ3v) is 5.56. The Morgan fingerprint density at radius 1 is 1.38 bits per heavy atom. The molecule has 144 valence electrons. The number of carbonyl (C=O) groups is 1. The van der Waals surface area contributed by atoms with Crippen molar-refractivity contribution in [3.63, 3.8) is 0 Å². The van der Waals surface area contributed by atoms with Gasteiger partial charge in [0, 0.05) is 12.6 Å². The quantitative estimate of drug-likeness (QED) is 0.540. The van der Waals surface area contributed by atoms with Crippen molar-refractivity contribution in [2.24, 2.45) is 5.92 Å². The zero-order valence-electron chi connectivity index (χ0n) is 16.0. The lowest BCUT2D eigenvalue weighted by Crippen LogP contribution is -2.34. The minimum absolute atomic E-state index is 0.195. The summed E-state index contributed by atoms with van der Waals surface area (Å²) in [5.41, 5.74) is 8.87. The van der Waals surface area contributed by atoms with E-state index in [-0.39, 0.29) is 11.9 Å². The lowest BCUT2D eigenvalue weighted by atomic mass is 9.93. The first kappa shape index (κ1) is 19.0. The Morgan fingerprint density at radius 2 is 2.19 bits per heavy atom. The number of methoxy groups -OCH3 is 1. The number of esters is 1. The van der Waals surface area contributed by atoms with Gasteiger partial charge in [-0.2, -0.15) is 0 Å². The molecule has 1 aliphatic heterocycles. The Labute approximate surface area is 156 Å². The van der Waals surface area contributed by atoms with Crippen LogP contribution in [0, 0.1) is 5.92 Å². The third kappa shape index (κ3) is 4.91. The summed E-state index contributed by atoms with van der Waals surface area (Å²) in [5.74, 6) is 0.448. The highest BCUT2D eigenvalue weighted by atomic mass is 16.5. The Hall–Kier alpha value is -1.75. The number of nitrogen functional groups attached to an aromatic ring is 1. The van der Waals surface area contributed by atoms with Gasteiger partial charge in [0.15, 0.2) is 0 Å². The number of hydrogen-bond acceptors (Lipinski definition) is 5. The molecule has 0 amide bonds. The second-order valence-electron chi connectivity index (χ2n) is 7.75. The second-order valence-corrected chi connectivity index (χ2v) is 7.75. The fourth-order valence-electron chi connectivity index (χ4n) is 3.90. The van der Waals surface area contributed by atoms with Gasteiger partial charge in [-0.05, 0) is 49.3 Å². The van der Waals surface area contributed by atoms with Crippen molar-refractivity contribution in [2.75, 3.05) is 24.8 Å². The van der Waals surface area contributed by atoms with Gasteiger partial charge >= 0.3 is 5.97 Å². The molecule has 3 N–H and O–H groups in total. The Kier molecular flexibility index (Phi) is 6.41. The fourth-order valence-corrected chi connectivity index (χ4v) is 3.90. The highest BCUT2D eigenvalue weighted by Crippen LogP contribution is 2.37. The maximum atomic E-state index is 12.1. The topological polar surface area (TPSA) is 73.6 Å². The molecule has 0 radical (unpaired) electrons. The normalized spacial score (nSPS) is 24.1. The summed E-state index contributed by atoms with van der Waals surface area (Å²) in [7, 11) is 1.44. The van der Waals surface area contributed by atoms with Crippen LogP contribution >= 0.6 is 0 Å².